The van der Waals surface area contributed by atoms with Crippen LogP contribution in [0.4, 0.5) is 0 Å². The molecule has 1 heterocycles. The van der Waals surface area contributed by atoms with Gasteiger partial charge in [0.2, 0.25) is 0 Å². The Morgan fingerprint density at radius 1 is 1.75 bits per heavy atom. The molecule has 12 heavy (non-hydrogen) atoms. The van der Waals surface area contributed by atoms with Crippen LogP contribution in [0.1, 0.15) is 18.2 Å². The normalized spacial score (nSPS) is 12.8. The predicted octanol–water partition coefficient (Wildman–Crippen LogP) is -0.535. The van der Waals surface area contributed by atoms with Gasteiger partial charge in [-0.15, -0.1) is 0 Å². The van der Waals surface area contributed by atoms with Crippen LogP contribution >= 0.6 is 15.9 Å². The fraction of sp³-hybridized carbons (Fsp3) is 0.286. The molecule has 1 atom stereocenters. The maximum atomic E-state index is 10.2. The summed E-state index contributed by atoms with van der Waals surface area (Å²) in [6.07, 6.45) is -0.125. The average molecular weight is 234 g/mol. The van der Waals surface area contributed by atoms with E-state index in [-0.39, 0.29) is 12.5 Å². The Morgan fingerprint density at radius 2 is 2.42 bits per heavy atom. The summed E-state index contributed by atoms with van der Waals surface area (Å²) in [5, 5.41) is 10.2. The van der Waals surface area contributed by atoms with Crippen LogP contribution in [-0.4, -0.2) is 5.97 Å². The van der Waals surface area contributed by atoms with Gasteiger partial charge < -0.3 is 20.1 Å². The first-order valence-corrected chi connectivity index (χ1v) is 4.17. The van der Waals surface area contributed by atoms with Crippen molar-refractivity contribution in [2.75, 3.05) is 0 Å². The molecular formula is C7H8BrNO3. The first kappa shape index (κ1) is 9.28. The van der Waals surface area contributed by atoms with E-state index in [2.05, 4.69) is 21.7 Å². The van der Waals surface area contributed by atoms with Crippen molar-refractivity contribution in [1.29, 1.82) is 0 Å². The molecule has 0 aromatic carbocycles. The van der Waals surface area contributed by atoms with Gasteiger partial charge in [0.15, 0.2) is 10.4 Å². The van der Waals surface area contributed by atoms with E-state index in [0.29, 0.717) is 10.4 Å². The van der Waals surface area contributed by atoms with Crippen LogP contribution in [0.15, 0.2) is 21.2 Å². The molecule has 1 aromatic heterocycles. The Balaban J connectivity index is 2.64. The van der Waals surface area contributed by atoms with Crippen molar-refractivity contribution >= 4 is 21.9 Å². The lowest BCUT2D eigenvalue weighted by Gasteiger charge is -2.04. The zero-order chi connectivity index (χ0) is 9.14. The maximum absolute atomic E-state index is 10.2. The molecule has 1 rings (SSSR count). The van der Waals surface area contributed by atoms with Crippen molar-refractivity contribution in [2.45, 2.75) is 12.5 Å². The van der Waals surface area contributed by atoms with E-state index in [1.807, 2.05) is 0 Å². The fourth-order valence-electron chi connectivity index (χ4n) is 0.849. The summed E-state index contributed by atoms with van der Waals surface area (Å²) in [5.74, 6) is -0.575. The maximum Gasteiger partial charge on any atom is 0.169 e. The third kappa shape index (κ3) is 2.35. The monoisotopic (exact) mass is 233 g/mol. The second-order valence-electron chi connectivity index (χ2n) is 2.41. The predicted molar refractivity (Wildman–Crippen MR) is 41.7 cm³/mol. The third-order valence-corrected chi connectivity index (χ3v) is 1.84. The van der Waals surface area contributed by atoms with E-state index in [9.17, 15) is 9.90 Å². The fourth-order valence-corrected chi connectivity index (χ4v) is 1.17. The lowest BCUT2D eigenvalue weighted by Crippen LogP contribution is -2.55. The summed E-state index contributed by atoms with van der Waals surface area (Å²) < 4.78 is 5.68. The summed E-state index contributed by atoms with van der Waals surface area (Å²) in [4.78, 5) is 10.2. The highest BCUT2D eigenvalue weighted by atomic mass is 79.9. The van der Waals surface area contributed by atoms with Gasteiger partial charge in [-0.05, 0) is 28.1 Å². The second-order valence-corrected chi connectivity index (χ2v) is 3.20. The van der Waals surface area contributed by atoms with Gasteiger partial charge in [0, 0.05) is 12.4 Å². The van der Waals surface area contributed by atoms with Crippen molar-refractivity contribution in [3.05, 3.63) is 22.6 Å². The van der Waals surface area contributed by atoms with Gasteiger partial charge in [-0.1, -0.05) is 0 Å². The highest BCUT2D eigenvalue weighted by Crippen LogP contribution is 2.19. The number of furan rings is 1. The highest BCUT2D eigenvalue weighted by molar-refractivity contribution is 9.10. The first-order chi connectivity index (χ1) is 5.59. The number of carbonyl (C=O) groups excluding carboxylic acids is 1. The Labute approximate surface area is 77.5 Å². The van der Waals surface area contributed by atoms with E-state index in [0.717, 1.165) is 0 Å². The Bertz CT molecular complexity index is 284. The van der Waals surface area contributed by atoms with Gasteiger partial charge in [0.25, 0.3) is 0 Å². The molecule has 5 heteroatoms. The van der Waals surface area contributed by atoms with Crippen molar-refractivity contribution in [1.82, 2.24) is 0 Å². The van der Waals surface area contributed by atoms with Crippen LogP contribution in [0.5, 0.6) is 0 Å². The molecular weight excluding hydrogens is 226 g/mol. The van der Waals surface area contributed by atoms with Gasteiger partial charge in [0.1, 0.15) is 6.04 Å². The summed E-state index contributed by atoms with van der Waals surface area (Å²) in [6.45, 7) is 0. The number of halogens is 1. The van der Waals surface area contributed by atoms with Gasteiger partial charge >= 0.3 is 0 Å². The number of carboxylic acid groups (broad SMARTS) is 1. The van der Waals surface area contributed by atoms with Crippen LogP contribution in [0.3, 0.4) is 0 Å². The van der Waals surface area contributed by atoms with E-state index in [1.54, 1.807) is 12.1 Å². The molecule has 0 saturated carbocycles. The molecule has 1 aromatic rings. The smallest absolute Gasteiger partial charge is 0.169 e. The Hall–Kier alpha value is -0.810. The standard InChI is InChI=1S/C7H8BrNO3/c8-6-2-1-5(12-6)4(9)3-7(10)11/h1-2,4H,3,9H2,(H,10,11)/t4-/m0/s1. The molecule has 0 aliphatic carbocycles. The molecule has 0 radical (unpaired) electrons. The SMILES string of the molecule is [NH3+][C@@H](CC(=O)[O-])c1ccc(Br)o1. The number of quaternary nitrogens is 1. The van der Waals surface area contributed by atoms with Crippen LogP contribution in [-0.2, 0) is 4.79 Å². The van der Waals surface area contributed by atoms with Gasteiger partial charge in [-0.2, -0.15) is 0 Å². The Morgan fingerprint density at radius 3 is 2.83 bits per heavy atom. The van der Waals surface area contributed by atoms with E-state index < -0.39 is 5.97 Å². The molecule has 0 bridgehead atoms. The van der Waals surface area contributed by atoms with Crippen molar-refractivity contribution < 1.29 is 20.1 Å². The molecule has 4 nitrogen and oxygen atoms in total. The molecule has 0 unspecified atom stereocenters. The van der Waals surface area contributed by atoms with Crippen LogP contribution in [0.25, 0.3) is 0 Å². The van der Waals surface area contributed by atoms with Crippen LogP contribution in [0, 0.1) is 0 Å². The molecule has 0 amide bonds. The minimum Gasteiger partial charge on any atom is -0.550 e. The van der Waals surface area contributed by atoms with E-state index in [1.165, 1.54) is 0 Å². The highest BCUT2D eigenvalue weighted by Gasteiger charge is 2.13. The summed E-state index contributed by atoms with van der Waals surface area (Å²) >= 11 is 3.11. The Kier molecular flexibility index (Phi) is 2.88. The van der Waals surface area contributed by atoms with E-state index >= 15 is 0 Å². The molecule has 0 aliphatic rings. The molecule has 0 fully saturated rings. The van der Waals surface area contributed by atoms with Gasteiger partial charge in [0.05, 0.1) is 0 Å². The average Bonchev–Trinajstić information content (AvgIpc) is 2.34. The lowest BCUT2D eigenvalue weighted by atomic mass is 10.2. The third-order valence-electron chi connectivity index (χ3n) is 1.41. The summed E-state index contributed by atoms with van der Waals surface area (Å²) in [6, 6.07) is 2.99. The van der Waals surface area contributed by atoms with Gasteiger partial charge in [-0.25, -0.2) is 0 Å². The van der Waals surface area contributed by atoms with Crippen molar-refractivity contribution in [3.63, 3.8) is 0 Å². The van der Waals surface area contributed by atoms with Crippen LogP contribution in [0.2, 0.25) is 0 Å². The van der Waals surface area contributed by atoms with Crippen molar-refractivity contribution in [3.8, 4) is 0 Å². The number of carboxylic acids is 1. The van der Waals surface area contributed by atoms with Crippen molar-refractivity contribution in [2.24, 2.45) is 0 Å². The molecule has 0 aliphatic heterocycles. The number of aliphatic carboxylic acids is 1. The first-order valence-electron chi connectivity index (χ1n) is 3.37. The zero-order valence-electron chi connectivity index (χ0n) is 6.25. The largest absolute Gasteiger partial charge is 0.550 e. The van der Waals surface area contributed by atoms with E-state index in [4.69, 9.17) is 4.42 Å². The lowest BCUT2D eigenvalue weighted by molar-refractivity contribution is -0.434. The zero-order valence-corrected chi connectivity index (χ0v) is 7.83. The minimum atomic E-state index is -1.12. The van der Waals surface area contributed by atoms with Crippen LogP contribution < -0.4 is 10.8 Å². The number of carbonyl (C=O) groups is 1. The molecule has 66 valence electrons. The van der Waals surface area contributed by atoms with Gasteiger partial charge in [-0.3, -0.25) is 0 Å². The summed E-state index contributed by atoms with van der Waals surface area (Å²) in [5.41, 5.74) is 3.63. The quantitative estimate of drug-likeness (QED) is 0.762. The second kappa shape index (κ2) is 3.73. The number of rotatable bonds is 3. The molecule has 0 saturated heterocycles. The minimum absolute atomic E-state index is 0.125. The number of hydrogen-bond donors (Lipinski definition) is 1. The molecule has 0 spiro atoms. The summed E-state index contributed by atoms with van der Waals surface area (Å²) in [7, 11) is 0. The molecule has 3 N–H and O–H groups in total. The topological polar surface area (TPSA) is 80.9 Å². The number of hydrogen-bond acceptors (Lipinski definition) is 3.